The lowest BCUT2D eigenvalue weighted by Crippen LogP contribution is -2.31. The molecule has 22 heavy (non-hydrogen) atoms. The number of amides is 1. The van der Waals surface area contributed by atoms with Gasteiger partial charge in [-0.3, -0.25) is 4.79 Å². The van der Waals surface area contributed by atoms with Gasteiger partial charge in [-0.25, -0.2) is 0 Å². The largest absolute Gasteiger partial charge is 0.507 e. The first-order chi connectivity index (χ1) is 10.7. The number of aryl methyl sites for hydroxylation is 1. The Bertz CT molecular complexity index is 537. The molecule has 4 nitrogen and oxygen atoms in total. The molecule has 1 aromatic rings. The number of aromatic hydroxyl groups is 1. The molecule has 0 spiro atoms. The van der Waals surface area contributed by atoms with E-state index < -0.39 is 0 Å². The molecule has 4 heteroatoms. The van der Waals surface area contributed by atoms with E-state index in [1.54, 1.807) is 12.1 Å². The SMILES string of the molecule is CCc1ccc(C(=O)N2CCC(C3CCOCC3)C2)c(O)c1. The number of likely N-dealkylation sites (tertiary alicyclic amines) is 1. The lowest BCUT2D eigenvalue weighted by Gasteiger charge is -2.27. The highest BCUT2D eigenvalue weighted by Gasteiger charge is 2.33. The lowest BCUT2D eigenvalue weighted by molar-refractivity contribution is 0.0471. The molecule has 1 N–H and O–H groups in total. The van der Waals surface area contributed by atoms with Crippen LogP contribution in [0.3, 0.4) is 0 Å². The fourth-order valence-corrected chi connectivity index (χ4v) is 3.69. The topological polar surface area (TPSA) is 49.8 Å². The smallest absolute Gasteiger partial charge is 0.257 e. The second kappa shape index (κ2) is 6.69. The van der Waals surface area contributed by atoms with E-state index in [0.717, 1.165) is 57.6 Å². The molecule has 1 unspecified atom stereocenters. The van der Waals surface area contributed by atoms with Gasteiger partial charge in [0.1, 0.15) is 5.75 Å². The van der Waals surface area contributed by atoms with E-state index in [2.05, 4.69) is 0 Å². The maximum Gasteiger partial charge on any atom is 0.257 e. The molecule has 0 saturated carbocycles. The van der Waals surface area contributed by atoms with Gasteiger partial charge in [0.15, 0.2) is 0 Å². The zero-order valence-corrected chi connectivity index (χ0v) is 13.3. The van der Waals surface area contributed by atoms with Crippen molar-refractivity contribution >= 4 is 5.91 Å². The van der Waals surface area contributed by atoms with E-state index in [1.165, 1.54) is 0 Å². The van der Waals surface area contributed by atoms with Gasteiger partial charge in [0.05, 0.1) is 5.56 Å². The molecule has 2 aliphatic rings. The van der Waals surface area contributed by atoms with Crippen molar-refractivity contribution in [3.8, 4) is 5.75 Å². The van der Waals surface area contributed by atoms with Crippen molar-refractivity contribution in [2.45, 2.75) is 32.6 Å². The van der Waals surface area contributed by atoms with Gasteiger partial charge >= 0.3 is 0 Å². The first-order valence-corrected chi connectivity index (χ1v) is 8.38. The summed E-state index contributed by atoms with van der Waals surface area (Å²) in [5, 5.41) is 10.1. The molecule has 3 rings (SSSR count). The standard InChI is InChI=1S/C18H25NO3/c1-2-13-3-4-16(17(20)11-13)18(21)19-8-5-15(12-19)14-6-9-22-10-7-14/h3-4,11,14-15,20H,2,5-10,12H2,1H3. The molecule has 2 heterocycles. The number of nitrogens with zero attached hydrogens (tertiary/aromatic N) is 1. The highest BCUT2D eigenvalue weighted by atomic mass is 16.5. The predicted octanol–water partition coefficient (Wildman–Crippen LogP) is 2.84. The minimum atomic E-state index is -0.0327. The second-order valence-electron chi connectivity index (χ2n) is 6.45. The van der Waals surface area contributed by atoms with Crippen molar-refractivity contribution in [1.29, 1.82) is 0 Å². The van der Waals surface area contributed by atoms with Crippen LogP contribution < -0.4 is 0 Å². The summed E-state index contributed by atoms with van der Waals surface area (Å²) >= 11 is 0. The van der Waals surface area contributed by atoms with Crippen LogP contribution in [0.4, 0.5) is 0 Å². The first-order valence-electron chi connectivity index (χ1n) is 8.38. The van der Waals surface area contributed by atoms with Gasteiger partial charge in [-0.1, -0.05) is 13.0 Å². The van der Waals surface area contributed by atoms with Crippen LogP contribution >= 0.6 is 0 Å². The molecule has 2 aliphatic heterocycles. The van der Waals surface area contributed by atoms with E-state index in [-0.39, 0.29) is 11.7 Å². The number of ether oxygens (including phenoxy) is 1. The van der Waals surface area contributed by atoms with E-state index >= 15 is 0 Å². The van der Waals surface area contributed by atoms with E-state index in [4.69, 9.17) is 4.74 Å². The third kappa shape index (κ3) is 3.12. The van der Waals surface area contributed by atoms with Gasteiger partial charge in [-0.2, -0.15) is 0 Å². The summed E-state index contributed by atoms with van der Waals surface area (Å²) in [6, 6.07) is 5.40. The number of phenolic OH excluding ortho intramolecular Hbond substituents is 1. The van der Waals surface area contributed by atoms with Crippen LogP contribution in [0.2, 0.25) is 0 Å². The number of phenols is 1. The summed E-state index contributed by atoms with van der Waals surface area (Å²) in [6.45, 7) is 5.37. The van der Waals surface area contributed by atoms with Gasteiger partial charge in [-0.05, 0) is 55.2 Å². The van der Waals surface area contributed by atoms with Gasteiger partial charge in [0.25, 0.3) is 5.91 Å². The van der Waals surface area contributed by atoms with Crippen molar-refractivity contribution in [3.05, 3.63) is 29.3 Å². The molecule has 2 fully saturated rings. The monoisotopic (exact) mass is 303 g/mol. The highest BCUT2D eigenvalue weighted by molar-refractivity contribution is 5.97. The van der Waals surface area contributed by atoms with Crippen molar-refractivity contribution in [2.75, 3.05) is 26.3 Å². The Morgan fingerprint density at radius 3 is 2.73 bits per heavy atom. The van der Waals surface area contributed by atoms with Crippen LogP contribution in [0, 0.1) is 11.8 Å². The number of rotatable bonds is 3. The Morgan fingerprint density at radius 2 is 2.05 bits per heavy atom. The normalized spacial score (nSPS) is 23.0. The maximum atomic E-state index is 12.6. The molecule has 120 valence electrons. The van der Waals surface area contributed by atoms with Gasteiger partial charge < -0.3 is 14.7 Å². The molecule has 0 aromatic heterocycles. The summed E-state index contributed by atoms with van der Waals surface area (Å²) in [6.07, 6.45) is 4.16. The molecular formula is C18H25NO3. The van der Waals surface area contributed by atoms with Crippen LogP contribution in [-0.4, -0.2) is 42.2 Å². The van der Waals surface area contributed by atoms with Gasteiger partial charge in [0, 0.05) is 26.3 Å². The molecule has 1 atom stereocenters. The Morgan fingerprint density at radius 1 is 1.27 bits per heavy atom. The first kappa shape index (κ1) is 15.3. The fourth-order valence-electron chi connectivity index (χ4n) is 3.69. The van der Waals surface area contributed by atoms with E-state index in [9.17, 15) is 9.90 Å². The van der Waals surface area contributed by atoms with Crippen LogP contribution in [0.5, 0.6) is 5.75 Å². The number of benzene rings is 1. The molecule has 1 aromatic carbocycles. The predicted molar refractivity (Wildman–Crippen MR) is 85.0 cm³/mol. The summed E-state index contributed by atoms with van der Waals surface area (Å²) < 4.78 is 5.43. The summed E-state index contributed by atoms with van der Waals surface area (Å²) in [7, 11) is 0. The Hall–Kier alpha value is -1.55. The Kier molecular flexibility index (Phi) is 4.67. The third-order valence-electron chi connectivity index (χ3n) is 5.15. The summed E-state index contributed by atoms with van der Waals surface area (Å²) in [4.78, 5) is 14.5. The molecule has 0 bridgehead atoms. The van der Waals surface area contributed by atoms with Crippen molar-refractivity contribution in [2.24, 2.45) is 11.8 Å². The highest BCUT2D eigenvalue weighted by Crippen LogP contribution is 2.32. The quantitative estimate of drug-likeness (QED) is 0.934. The number of carbonyl (C=O) groups excluding carboxylic acids is 1. The summed E-state index contributed by atoms with van der Waals surface area (Å²) in [5.41, 5.74) is 1.49. The number of carbonyl (C=O) groups is 1. The van der Waals surface area contributed by atoms with Gasteiger partial charge in [0.2, 0.25) is 0 Å². The molecule has 0 radical (unpaired) electrons. The molecular weight excluding hydrogens is 278 g/mol. The van der Waals surface area contributed by atoms with E-state index in [1.807, 2.05) is 17.9 Å². The minimum Gasteiger partial charge on any atom is -0.507 e. The van der Waals surface area contributed by atoms with Gasteiger partial charge in [-0.15, -0.1) is 0 Å². The van der Waals surface area contributed by atoms with Crippen LogP contribution in [0.15, 0.2) is 18.2 Å². The Labute approximate surface area is 132 Å². The average molecular weight is 303 g/mol. The van der Waals surface area contributed by atoms with Crippen LogP contribution in [-0.2, 0) is 11.2 Å². The van der Waals surface area contributed by atoms with Crippen molar-refractivity contribution in [3.63, 3.8) is 0 Å². The van der Waals surface area contributed by atoms with Crippen LogP contribution in [0.1, 0.15) is 42.1 Å². The molecule has 0 aliphatic carbocycles. The number of hydrogen-bond donors (Lipinski definition) is 1. The zero-order valence-electron chi connectivity index (χ0n) is 13.3. The maximum absolute atomic E-state index is 12.6. The third-order valence-corrected chi connectivity index (χ3v) is 5.15. The van der Waals surface area contributed by atoms with E-state index in [0.29, 0.717) is 17.4 Å². The second-order valence-corrected chi connectivity index (χ2v) is 6.45. The molecule has 1 amide bonds. The minimum absolute atomic E-state index is 0.0327. The molecule has 2 saturated heterocycles. The zero-order chi connectivity index (χ0) is 15.5. The number of hydrogen-bond acceptors (Lipinski definition) is 3. The van der Waals surface area contributed by atoms with Crippen molar-refractivity contribution in [1.82, 2.24) is 4.90 Å². The lowest BCUT2D eigenvalue weighted by atomic mass is 9.85. The van der Waals surface area contributed by atoms with Crippen LogP contribution in [0.25, 0.3) is 0 Å². The fraction of sp³-hybridized carbons (Fsp3) is 0.611. The Balaban J connectivity index is 1.66. The summed E-state index contributed by atoms with van der Waals surface area (Å²) in [5.74, 6) is 1.35. The average Bonchev–Trinajstić information content (AvgIpc) is 3.05. The van der Waals surface area contributed by atoms with Crippen molar-refractivity contribution < 1.29 is 14.6 Å².